The number of esters is 1. The molecule has 0 aliphatic rings. The quantitative estimate of drug-likeness (QED) is 0.308. The largest absolute Gasteiger partial charge is 0.431 e. The molecule has 0 atom stereocenters. The van der Waals surface area contributed by atoms with Crippen LogP contribution in [-0.4, -0.2) is 5.97 Å². The normalized spacial score (nSPS) is 12.3. The van der Waals surface area contributed by atoms with E-state index in [0.717, 1.165) is 17.6 Å². The summed E-state index contributed by atoms with van der Waals surface area (Å²) in [5.74, 6) is 0.433. The molecule has 1 aromatic carbocycles. The number of hydrogen-bond acceptors (Lipinski definition) is 2. The standard InChI is InChI=1S/C18H24O2/c1-4-5-7-10-15(2)13-16(3)20-18(19)14-17-11-8-6-9-12-17/h6,8-13H,4-5,7,14H2,1-3H3/b15-10+,16-13+. The first-order valence-electron chi connectivity index (χ1n) is 7.21. The van der Waals surface area contributed by atoms with Crippen LogP contribution in [0.1, 0.15) is 45.6 Å². The van der Waals surface area contributed by atoms with Gasteiger partial charge in [-0.15, -0.1) is 0 Å². The van der Waals surface area contributed by atoms with Crippen molar-refractivity contribution in [1.82, 2.24) is 0 Å². The maximum atomic E-state index is 11.8. The van der Waals surface area contributed by atoms with Crippen molar-refractivity contribution in [1.29, 1.82) is 0 Å². The topological polar surface area (TPSA) is 26.3 Å². The minimum Gasteiger partial charge on any atom is -0.431 e. The van der Waals surface area contributed by atoms with E-state index in [4.69, 9.17) is 4.74 Å². The van der Waals surface area contributed by atoms with Gasteiger partial charge in [0.1, 0.15) is 5.76 Å². The number of hydrogen-bond donors (Lipinski definition) is 0. The molecule has 0 aliphatic carbocycles. The first-order chi connectivity index (χ1) is 9.61. The lowest BCUT2D eigenvalue weighted by Crippen LogP contribution is -2.06. The monoisotopic (exact) mass is 272 g/mol. The van der Waals surface area contributed by atoms with E-state index >= 15 is 0 Å². The highest BCUT2D eigenvalue weighted by Gasteiger charge is 2.05. The molecule has 20 heavy (non-hydrogen) atoms. The predicted molar refractivity (Wildman–Crippen MR) is 83.3 cm³/mol. The third kappa shape index (κ3) is 6.93. The summed E-state index contributed by atoms with van der Waals surface area (Å²) in [6.45, 7) is 6.03. The predicted octanol–water partition coefficient (Wildman–Crippen LogP) is 4.81. The summed E-state index contributed by atoms with van der Waals surface area (Å²) in [7, 11) is 0. The summed E-state index contributed by atoms with van der Waals surface area (Å²) >= 11 is 0. The van der Waals surface area contributed by atoms with E-state index in [1.807, 2.05) is 50.3 Å². The van der Waals surface area contributed by atoms with Crippen LogP contribution in [0.25, 0.3) is 0 Å². The van der Waals surface area contributed by atoms with E-state index in [-0.39, 0.29) is 5.97 Å². The van der Waals surface area contributed by atoms with Gasteiger partial charge in [0.15, 0.2) is 0 Å². The van der Waals surface area contributed by atoms with Gasteiger partial charge in [0.25, 0.3) is 0 Å². The Hall–Kier alpha value is -1.83. The third-order valence-corrected chi connectivity index (χ3v) is 2.92. The Kier molecular flexibility index (Phi) is 7.41. The maximum absolute atomic E-state index is 11.8. The smallest absolute Gasteiger partial charge is 0.315 e. The van der Waals surface area contributed by atoms with E-state index in [1.165, 1.54) is 12.8 Å². The number of carbonyl (C=O) groups excluding carboxylic acids is 1. The zero-order valence-electron chi connectivity index (χ0n) is 12.7. The van der Waals surface area contributed by atoms with Crippen molar-refractivity contribution in [3.63, 3.8) is 0 Å². The molecule has 0 aliphatic heterocycles. The molecule has 0 spiro atoms. The number of allylic oxidation sites excluding steroid dienone is 4. The highest BCUT2D eigenvalue weighted by molar-refractivity contribution is 5.73. The second-order valence-corrected chi connectivity index (χ2v) is 4.98. The summed E-state index contributed by atoms with van der Waals surface area (Å²) in [6.07, 6.45) is 7.86. The molecule has 1 aromatic rings. The summed E-state index contributed by atoms with van der Waals surface area (Å²) in [5, 5.41) is 0. The van der Waals surface area contributed by atoms with Crippen LogP contribution in [0.2, 0.25) is 0 Å². The molecule has 0 unspecified atom stereocenters. The molecule has 108 valence electrons. The maximum Gasteiger partial charge on any atom is 0.315 e. The summed E-state index contributed by atoms with van der Waals surface area (Å²) in [4.78, 5) is 11.8. The zero-order valence-corrected chi connectivity index (χ0v) is 12.7. The lowest BCUT2D eigenvalue weighted by molar-refractivity contribution is -0.138. The Labute approximate surface area is 122 Å². The molecule has 0 fully saturated rings. The molecule has 0 amide bonds. The Bertz CT molecular complexity index is 469. The fourth-order valence-electron chi connectivity index (χ4n) is 1.92. The second kappa shape index (κ2) is 9.13. The van der Waals surface area contributed by atoms with E-state index in [9.17, 15) is 4.79 Å². The van der Waals surface area contributed by atoms with Gasteiger partial charge in [-0.3, -0.25) is 4.79 Å². The van der Waals surface area contributed by atoms with Crippen molar-refractivity contribution in [3.05, 3.63) is 59.4 Å². The fraction of sp³-hybridized carbons (Fsp3) is 0.389. The molecule has 2 heteroatoms. The molecule has 0 radical (unpaired) electrons. The fourth-order valence-corrected chi connectivity index (χ4v) is 1.92. The van der Waals surface area contributed by atoms with Gasteiger partial charge in [-0.1, -0.05) is 61.7 Å². The van der Waals surface area contributed by atoms with Crippen molar-refractivity contribution in [3.8, 4) is 0 Å². The zero-order chi connectivity index (χ0) is 14.8. The summed E-state index contributed by atoms with van der Waals surface area (Å²) in [6, 6.07) is 9.63. The molecular weight excluding hydrogens is 248 g/mol. The molecule has 0 heterocycles. The van der Waals surface area contributed by atoms with Crippen molar-refractivity contribution in [2.75, 3.05) is 0 Å². The molecular formula is C18H24O2. The Balaban J connectivity index is 2.46. The first kappa shape index (κ1) is 16.2. The van der Waals surface area contributed by atoms with Crippen LogP contribution in [0.3, 0.4) is 0 Å². The van der Waals surface area contributed by atoms with E-state index < -0.39 is 0 Å². The van der Waals surface area contributed by atoms with Gasteiger partial charge in [-0.2, -0.15) is 0 Å². The molecule has 0 bridgehead atoms. The minimum atomic E-state index is -0.216. The molecule has 0 saturated carbocycles. The van der Waals surface area contributed by atoms with Crippen molar-refractivity contribution in [2.24, 2.45) is 0 Å². The molecule has 0 N–H and O–H groups in total. The lowest BCUT2D eigenvalue weighted by Gasteiger charge is -2.05. The van der Waals surface area contributed by atoms with Crippen LogP contribution in [-0.2, 0) is 16.0 Å². The molecule has 2 nitrogen and oxygen atoms in total. The summed E-state index contributed by atoms with van der Waals surface area (Å²) < 4.78 is 5.31. The van der Waals surface area contributed by atoms with Crippen molar-refractivity contribution >= 4 is 5.97 Å². The highest BCUT2D eigenvalue weighted by atomic mass is 16.5. The summed E-state index contributed by atoms with van der Waals surface area (Å²) in [5.41, 5.74) is 2.11. The number of ether oxygens (including phenoxy) is 1. The van der Waals surface area contributed by atoms with Crippen LogP contribution >= 0.6 is 0 Å². The average molecular weight is 272 g/mol. The van der Waals surface area contributed by atoms with Gasteiger partial charge < -0.3 is 4.74 Å². The van der Waals surface area contributed by atoms with Gasteiger partial charge in [-0.05, 0) is 31.9 Å². The van der Waals surface area contributed by atoms with Gasteiger partial charge >= 0.3 is 5.97 Å². The van der Waals surface area contributed by atoms with E-state index in [0.29, 0.717) is 12.2 Å². The Morgan fingerprint density at radius 2 is 1.90 bits per heavy atom. The van der Waals surface area contributed by atoms with Gasteiger partial charge in [0.05, 0.1) is 6.42 Å². The number of rotatable bonds is 7. The minimum absolute atomic E-state index is 0.216. The van der Waals surface area contributed by atoms with Gasteiger partial charge in [0, 0.05) is 0 Å². The van der Waals surface area contributed by atoms with Crippen LogP contribution < -0.4 is 0 Å². The van der Waals surface area contributed by atoms with Crippen molar-refractivity contribution in [2.45, 2.75) is 46.5 Å². The average Bonchev–Trinajstić information content (AvgIpc) is 2.39. The third-order valence-electron chi connectivity index (χ3n) is 2.92. The lowest BCUT2D eigenvalue weighted by atomic mass is 10.1. The SMILES string of the molecule is CCCC/C=C(C)/C=C(\C)OC(=O)Cc1ccccc1. The number of unbranched alkanes of at least 4 members (excludes halogenated alkanes) is 2. The van der Waals surface area contributed by atoms with Crippen LogP contribution in [0.4, 0.5) is 0 Å². The van der Waals surface area contributed by atoms with Gasteiger partial charge in [0.2, 0.25) is 0 Å². The van der Waals surface area contributed by atoms with Crippen LogP contribution in [0, 0.1) is 0 Å². The highest BCUT2D eigenvalue weighted by Crippen LogP contribution is 2.08. The van der Waals surface area contributed by atoms with Gasteiger partial charge in [-0.25, -0.2) is 0 Å². The second-order valence-electron chi connectivity index (χ2n) is 4.98. The number of carbonyl (C=O) groups is 1. The molecule has 0 saturated heterocycles. The van der Waals surface area contributed by atoms with Crippen LogP contribution in [0.5, 0.6) is 0 Å². The Morgan fingerprint density at radius 3 is 2.55 bits per heavy atom. The van der Waals surface area contributed by atoms with Crippen molar-refractivity contribution < 1.29 is 9.53 Å². The Morgan fingerprint density at radius 1 is 1.20 bits per heavy atom. The molecule has 1 rings (SSSR count). The van der Waals surface area contributed by atoms with E-state index in [2.05, 4.69) is 13.0 Å². The molecule has 0 aromatic heterocycles. The van der Waals surface area contributed by atoms with Crippen LogP contribution in [0.15, 0.2) is 53.8 Å². The van der Waals surface area contributed by atoms with E-state index in [1.54, 1.807) is 0 Å². The number of benzene rings is 1. The first-order valence-corrected chi connectivity index (χ1v) is 7.21.